The van der Waals surface area contributed by atoms with Gasteiger partial charge in [-0.25, -0.2) is 12.7 Å². The Bertz CT molecular complexity index is 429. The second-order valence-electron chi connectivity index (χ2n) is 4.73. The fourth-order valence-electron chi connectivity index (χ4n) is 2.06. The lowest BCUT2D eigenvalue weighted by molar-refractivity contribution is -0.118. The minimum atomic E-state index is -3.16. The fraction of sp³-hybridized carbons (Fsp3) is 0.750. The molecule has 1 amide bonds. The Labute approximate surface area is 109 Å². The van der Waals surface area contributed by atoms with Crippen molar-refractivity contribution in [2.45, 2.75) is 39.2 Å². The summed E-state index contributed by atoms with van der Waals surface area (Å²) in [5.41, 5.74) is 0.689. The molecule has 0 aromatic carbocycles. The van der Waals surface area contributed by atoms with Crippen LogP contribution in [0.3, 0.4) is 0 Å². The summed E-state index contributed by atoms with van der Waals surface area (Å²) in [6, 6.07) is -0.0822. The molecular formula is C12H22N2O3S. The number of hydrogen-bond acceptors (Lipinski definition) is 3. The third-order valence-electron chi connectivity index (χ3n) is 3.06. The molecule has 18 heavy (non-hydrogen) atoms. The maximum atomic E-state index is 11.8. The van der Waals surface area contributed by atoms with Gasteiger partial charge in [0.25, 0.3) is 0 Å². The fourth-order valence-corrected chi connectivity index (χ4v) is 2.97. The lowest BCUT2D eigenvalue weighted by Gasteiger charge is -2.31. The summed E-state index contributed by atoms with van der Waals surface area (Å²) in [4.78, 5) is 11.8. The molecule has 1 N–H and O–H groups in total. The van der Waals surface area contributed by atoms with Crippen molar-refractivity contribution in [2.24, 2.45) is 0 Å². The van der Waals surface area contributed by atoms with Crippen molar-refractivity contribution in [1.29, 1.82) is 0 Å². The highest BCUT2D eigenvalue weighted by Gasteiger charge is 2.26. The summed E-state index contributed by atoms with van der Waals surface area (Å²) in [5, 5.41) is 2.89. The van der Waals surface area contributed by atoms with E-state index >= 15 is 0 Å². The normalized spacial score (nSPS) is 22.8. The van der Waals surface area contributed by atoms with E-state index in [0.717, 1.165) is 19.3 Å². The minimum absolute atomic E-state index is 0.0822. The van der Waals surface area contributed by atoms with E-state index in [4.69, 9.17) is 0 Å². The molecule has 104 valence electrons. The van der Waals surface area contributed by atoms with Crippen molar-refractivity contribution in [3.05, 3.63) is 11.6 Å². The summed E-state index contributed by atoms with van der Waals surface area (Å²) in [6.07, 6.45) is 5.51. The number of nitrogens with one attached hydrogen (secondary N) is 1. The molecule has 0 spiro atoms. The van der Waals surface area contributed by atoms with Crippen molar-refractivity contribution in [1.82, 2.24) is 9.62 Å². The monoisotopic (exact) mass is 274 g/mol. The van der Waals surface area contributed by atoms with Crippen LogP contribution in [0.5, 0.6) is 0 Å². The molecule has 0 saturated carbocycles. The van der Waals surface area contributed by atoms with Gasteiger partial charge in [0, 0.05) is 24.7 Å². The minimum Gasteiger partial charge on any atom is -0.348 e. The van der Waals surface area contributed by atoms with Gasteiger partial charge >= 0.3 is 0 Å². The number of hydrogen-bond donors (Lipinski definition) is 1. The molecule has 1 atom stereocenters. The molecule has 0 unspecified atom stereocenters. The Morgan fingerprint density at radius 2 is 2.17 bits per heavy atom. The Balaban J connectivity index is 2.58. The number of amides is 1. The molecule has 5 nitrogen and oxygen atoms in total. The Kier molecular flexibility index (Phi) is 5.34. The summed E-state index contributed by atoms with van der Waals surface area (Å²) < 4.78 is 24.3. The SMILES string of the molecule is CC/C=C(\C)C(=O)N[C@@H]1CCCN(S(C)(=O)=O)C1. The zero-order valence-electron chi connectivity index (χ0n) is 11.3. The molecule has 1 aliphatic heterocycles. The lowest BCUT2D eigenvalue weighted by Crippen LogP contribution is -2.49. The second-order valence-corrected chi connectivity index (χ2v) is 6.71. The first-order valence-electron chi connectivity index (χ1n) is 6.27. The molecule has 1 saturated heterocycles. The summed E-state index contributed by atoms with van der Waals surface area (Å²) in [5.74, 6) is -0.0998. The van der Waals surface area contributed by atoms with Crippen LogP contribution in [0.25, 0.3) is 0 Å². The van der Waals surface area contributed by atoms with Crippen LogP contribution in [0.1, 0.15) is 33.1 Å². The lowest BCUT2D eigenvalue weighted by atomic mass is 10.1. The molecule has 0 aromatic heterocycles. The Morgan fingerprint density at radius 3 is 2.72 bits per heavy atom. The van der Waals surface area contributed by atoms with Crippen LogP contribution in [0.2, 0.25) is 0 Å². The third-order valence-corrected chi connectivity index (χ3v) is 4.33. The van der Waals surface area contributed by atoms with Crippen LogP contribution in [-0.4, -0.2) is 44.0 Å². The van der Waals surface area contributed by atoms with Gasteiger partial charge in [0.2, 0.25) is 15.9 Å². The van der Waals surface area contributed by atoms with E-state index in [2.05, 4.69) is 5.32 Å². The summed E-state index contributed by atoms with van der Waals surface area (Å²) in [6.45, 7) is 4.68. The zero-order valence-corrected chi connectivity index (χ0v) is 12.1. The van der Waals surface area contributed by atoms with Crippen LogP contribution in [0.4, 0.5) is 0 Å². The predicted octanol–water partition coefficient (Wildman–Crippen LogP) is 0.883. The molecule has 1 fully saturated rings. The smallest absolute Gasteiger partial charge is 0.246 e. The van der Waals surface area contributed by atoms with Crippen molar-refractivity contribution in [3.63, 3.8) is 0 Å². The first-order valence-corrected chi connectivity index (χ1v) is 8.12. The number of rotatable bonds is 4. The van der Waals surface area contributed by atoms with Gasteiger partial charge in [-0.15, -0.1) is 0 Å². The van der Waals surface area contributed by atoms with Gasteiger partial charge in [-0.3, -0.25) is 4.79 Å². The van der Waals surface area contributed by atoms with Crippen LogP contribution in [0, 0.1) is 0 Å². The first-order chi connectivity index (χ1) is 8.34. The van der Waals surface area contributed by atoms with E-state index in [1.54, 1.807) is 6.92 Å². The molecule has 0 aromatic rings. The van der Waals surface area contributed by atoms with Crippen LogP contribution >= 0.6 is 0 Å². The maximum absolute atomic E-state index is 11.8. The summed E-state index contributed by atoms with van der Waals surface area (Å²) >= 11 is 0. The van der Waals surface area contributed by atoms with E-state index in [0.29, 0.717) is 18.7 Å². The standard InChI is InChI=1S/C12H22N2O3S/c1-4-6-10(2)12(15)13-11-7-5-8-14(9-11)18(3,16)17/h6,11H,4-5,7-9H2,1-3H3,(H,13,15)/b10-6+/t11-/m1/s1. The van der Waals surface area contributed by atoms with Gasteiger partial charge in [-0.1, -0.05) is 13.0 Å². The van der Waals surface area contributed by atoms with E-state index in [-0.39, 0.29) is 11.9 Å². The highest BCUT2D eigenvalue weighted by Crippen LogP contribution is 2.13. The van der Waals surface area contributed by atoms with E-state index in [9.17, 15) is 13.2 Å². The molecule has 1 heterocycles. The van der Waals surface area contributed by atoms with E-state index < -0.39 is 10.0 Å². The number of nitrogens with zero attached hydrogens (tertiary/aromatic N) is 1. The number of piperidine rings is 1. The van der Waals surface area contributed by atoms with Gasteiger partial charge in [0.1, 0.15) is 0 Å². The second kappa shape index (κ2) is 6.33. The van der Waals surface area contributed by atoms with Crippen molar-refractivity contribution < 1.29 is 13.2 Å². The number of carbonyl (C=O) groups is 1. The third kappa shape index (κ3) is 4.42. The predicted molar refractivity (Wildman–Crippen MR) is 71.6 cm³/mol. The molecule has 1 aliphatic rings. The zero-order chi connectivity index (χ0) is 13.8. The van der Waals surface area contributed by atoms with Crippen LogP contribution < -0.4 is 5.32 Å². The highest BCUT2D eigenvalue weighted by atomic mass is 32.2. The van der Waals surface area contributed by atoms with Crippen LogP contribution in [-0.2, 0) is 14.8 Å². The Hall–Kier alpha value is -0.880. The van der Waals surface area contributed by atoms with Gasteiger partial charge in [-0.2, -0.15) is 0 Å². The topological polar surface area (TPSA) is 66.5 Å². The Morgan fingerprint density at radius 1 is 1.50 bits per heavy atom. The quantitative estimate of drug-likeness (QED) is 0.774. The number of carbonyl (C=O) groups excluding carboxylic acids is 1. The van der Waals surface area contributed by atoms with Gasteiger partial charge < -0.3 is 5.32 Å². The van der Waals surface area contributed by atoms with Crippen molar-refractivity contribution in [2.75, 3.05) is 19.3 Å². The molecule has 6 heteroatoms. The largest absolute Gasteiger partial charge is 0.348 e. The molecule has 0 radical (unpaired) electrons. The van der Waals surface area contributed by atoms with Crippen molar-refractivity contribution in [3.8, 4) is 0 Å². The molecule has 1 rings (SSSR count). The molecule has 0 bridgehead atoms. The van der Waals surface area contributed by atoms with E-state index in [1.165, 1.54) is 10.6 Å². The van der Waals surface area contributed by atoms with Gasteiger partial charge in [0.05, 0.1) is 6.26 Å². The van der Waals surface area contributed by atoms with Crippen LogP contribution in [0.15, 0.2) is 11.6 Å². The highest BCUT2D eigenvalue weighted by molar-refractivity contribution is 7.88. The van der Waals surface area contributed by atoms with Crippen molar-refractivity contribution >= 4 is 15.9 Å². The average Bonchev–Trinajstić information content (AvgIpc) is 2.28. The number of sulfonamides is 1. The van der Waals surface area contributed by atoms with E-state index in [1.807, 2.05) is 13.0 Å². The average molecular weight is 274 g/mol. The first kappa shape index (κ1) is 15.2. The number of allylic oxidation sites excluding steroid dienone is 1. The maximum Gasteiger partial charge on any atom is 0.246 e. The molecular weight excluding hydrogens is 252 g/mol. The van der Waals surface area contributed by atoms with Gasteiger partial charge in [-0.05, 0) is 26.2 Å². The van der Waals surface area contributed by atoms with Gasteiger partial charge in [0.15, 0.2) is 0 Å². The molecule has 0 aliphatic carbocycles. The summed E-state index contributed by atoms with van der Waals surface area (Å²) in [7, 11) is -3.16.